The Morgan fingerprint density at radius 3 is 2.63 bits per heavy atom. The van der Waals surface area contributed by atoms with Crippen molar-refractivity contribution < 1.29 is 9.66 Å². The Kier molecular flexibility index (Phi) is 3.93. The van der Waals surface area contributed by atoms with Crippen molar-refractivity contribution in [2.75, 3.05) is 12.4 Å². The van der Waals surface area contributed by atoms with Gasteiger partial charge in [-0.15, -0.1) is 0 Å². The maximum absolute atomic E-state index is 11.1. The van der Waals surface area contributed by atoms with Gasteiger partial charge in [-0.3, -0.25) is 10.1 Å². The van der Waals surface area contributed by atoms with E-state index < -0.39 is 0 Å². The van der Waals surface area contributed by atoms with Gasteiger partial charge in [0.1, 0.15) is 11.4 Å². The predicted octanol–water partition coefficient (Wildman–Crippen LogP) is 3.45. The first-order valence-electron chi connectivity index (χ1n) is 6.62. The summed E-state index contributed by atoms with van der Waals surface area (Å²) in [5.41, 5.74) is 0.655. The van der Waals surface area contributed by atoms with Crippen LogP contribution in [0.2, 0.25) is 0 Å². The number of nitro benzene ring substituents is 1. The predicted molar refractivity (Wildman–Crippen MR) is 74.6 cm³/mol. The Hall–Kier alpha value is -1.78. The first-order chi connectivity index (χ1) is 9.02. The minimum absolute atomic E-state index is 0.0751. The molecule has 1 aromatic carbocycles. The Morgan fingerprint density at radius 2 is 2.11 bits per heavy atom. The number of nitrogens with zero attached hydrogens (tertiary/aromatic N) is 1. The Labute approximate surface area is 113 Å². The molecule has 0 aliphatic heterocycles. The molecule has 1 saturated carbocycles. The van der Waals surface area contributed by atoms with Crippen molar-refractivity contribution in [2.45, 2.75) is 32.7 Å². The molecule has 0 bridgehead atoms. The average Bonchev–Trinajstić information content (AvgIpc) is 2.71. The molecule has 1 N–H and O–H groups in total. The fourth-order valence-electron chi connectivity index (χ4n) is 2.68. The monoisotopic (exact) mass is 264 g/mol. The highest BCUT2D eigenvalue weighted by Gasteiger charge is 2.31. The van der Waals surface area contributed by atoms with Crippen LogP contribution in [0, 0.1) is 22.0 Å². The Balaban J connectivity index is 2.22. The lowest BCUT2D eigenvalue weighted by Crippen LogP contribution is -2.24. The minimum atomic E-state index is -0.367. The quantitative estimate of drug-likeness (QED) is 0.668. The van der Waals surface area contributed by atoms with E-state index in [4.69, 9.17) is 4.74 Å². The summed E-state index contributed by atoms with van der Waals surface area (Å²) in [6, 6.07) is 5.25. The zero-order valence-corrected chi connectivity index (χ0v) is 11.6. The van der Waals surface area contributed by atoms with Gasteiger partial charge in [-0.1, -0.05) is 13.8 Å². The molecule has 1 aromatic rings. The molecular weight excluding hydrogens is 244 g/mol. The van der Waals surface area contributed by atoms with Crippen molar-refractivity contribution >= 4 is 11.4 Å². The van der Waals surface area contributed by atoms with Gasteiger partial charge < -0.3 is 10.1 Å². The zero-order chi connectivity index (χ0) is 14.0. The highest BCUT2D eigenvalue weighted by atomic mass is 16.6. The third-order valence-corrected chi connectivity index (χ3v) is 4.21. The first-order valence-corrected chi connectivity index (χ1v) is 6.62. The average molecular weight is 264 g/mol. The van der Waals surface area contributed by atoms with Gasteiger partial charge in [0, 0.05) is 6.04 Å². The van der Waals surface area contributed by atoms with Gasteiger partial charge in [0.05, 0.1) is 18.1 Å². The lowest BCUT2D eigenvalue weighted by Gasteiger charge is -2.20. The number of hydrogen-bond acceptors (Lipinski definition) is 4. The van der Waals surface area contributed by atoms with Crippen molar-refractivity contribution in [1.29, 1.82) is 0 Å². The number of methoxy groups -OCH3 is 1. The number of anilines is 1. The first kappa shape index (κ1) is 13.6. The van der Waals surface area contributed by atoms with Crippen molar-refractivity contribution in [1.82, 2.24) is 0 Å². The molecule has 0 amide bonds. The van der Waals surface area contributed by atoms with Crippen LogP contribution in [0.1, 0.15) is 26.7 Å². The maximum atomic E-state index is 11.1. The molecule has 104 valence electrons. The summed E-state index contributed by atoms with van der Waals surface area (Å²) in [4.78, 5) is 10.8. The van der Waals surface area contributed by atoms with Gasteiger partial charge in [0.2, 0.25) is 0 Å². The highest BCUT2D eigenvalue weighted by Crippen LogP contribution is 2.36. The molecule has 5 heteroatoms. The van der Waals surface area contributed by atoms with Crippen LogP contribution in [0.4, 0.5) is 11.4 Å². The van der Waals surface area contributed by atoms with E-state index in [0.29, 0.717) is 29.3 Å². The van der Waals surface area contributed by atoms with Crippen LogP contribution in [-0.2, 0) is 0 Å². The number of nitrogens with one attached hydrogen (secondary N) is 1. The van der Waals surface area contributed by atoms with Crippen LogP contribution in [0.15, 0.2) is 18.2 Å². The van der Waals surface area contributed by atoms with Crippen LogP contribution >= 0.6 is 0 Å². The molecule has 1 aliphatic carbocycles. The van der Waals surface area contributed by atoms with Crippen molar-refractivity contribution in [2.24, 2.45) is 11.8 Å². The lowest BCUT2D eigenvalue weighted by molar-refractivity contribution is -0.384. The highest BCUT2D eigenvalue weighted by molar-refractivity contribution is 5.64. The van der Waals surface area contributed by atoms with Crippen LogP contribution in [0.25, 0.3) is 0 Å². The van der Waals surface area contributed by atoms with E-state index in [9.17, 15) is 10.1 Å². The molecule has 0 aromatic heterocycles. The van der Waals surface area contributed by atoms with E-state index in [2.05, 4.69) is 19.2 Å². The molecule has 0 saturated heterocycles. The Morgan fingerprint density at radius 1 is 1.37 bits per heavy atom. The zero-order valence-electron chi connectivity index (χ0n) is 11.6. The largest absolute Gasteiger partial charge is 0.496 e. The molecule has 0 radical (unpaired) electrons. The van der Waals surface area contributed by atoms with Crippen molar-refractivity contribution in [3.63, 3.8) is 0 Å². The Bertz CT molecular complexity index is 476. The summed E-state index contributed by atoms with van der Waals surface area (Å²) in [6.45, 7) is 4.43. The second kappa shape index (κ2) is 5.47. The number of nitro groups is 1. The van der Waals surface area contributed by atoms with E-state index in [1.165, 1.54) is 19.6 Å². The molecule has 2 rings (SSSR count). The summed E-state index contributed by atoms with van der Waals surface area (Å²) >= 11 is 0. The fraction of sp³-hybridized carbons (Fsp3) is 0.571. The van der Waals surface area contributed by atoms with E-state index in [0.717, 1.165) is 6.42 Å². The van der Waals surface area contributed by atoms with Gasteiger partial charge in [-0.2, -0.15) is 0 Å². The molecule has 3 atom stereocenters. The van der Waals surface area contributed by atoms with Crippen LogP contribution in [-0.4, -0.2) is 18.1 Å². The normalized spacial score (nSPS) is 26.2. The molecule has 1 aliphatic rings. The molecule has 19 heavy (non-hydrogen) atoms. The van der Waals surface area contributed by atoms with E-state index >= 15 is 0 Å². The van der Waals surface area contributed by atoms with Gasteiger partial charge in [0.15, 0.2) is 0 Å². The molecule has 1 fully saturated rings. The third-order valence-electron chi connectivity index (χ3n) is 4.21. The summed E-state index contributed by atoms with van der Waals surface area (Å²) in [5, 5.41) is 14.4. The standard InChI is InChI=1S/C14H20N2O3/c1-9-4-6-12(10(9)2)15-13-7-5-11(19-3)8-14(13)16(17)18/h5,7-10,12,15H,4,6H2,1-3H3. The third kappa shape index (κ3) is 2.80. The second-order valence-electron chi connectivity index (χ2n) is 5.30. The smallest absolute Gasteiger partial charge is 0.296 e. The number of hydrogen-bond donors (Lipinski definition) is 1. The van der Waals surface area contributed by atoms with Crippen molar-refractivity contribution in [3.05, 3.63) is 28.3 Å². The van der Waals surface area contributed by atoms with E-state index in [-0.39, 0.29) is 10.6 Å². The molecule has 0 heterocycles. The summed E-state index contributed by atoms with van der Waals surface area (Å²) in [6.07, 6.45) is 2.23. The van der Waals surface area contributed by atoms with Crippen molar-refractivity contribution in [3.8, 4) is 5.75 Å². The van der Waals surface area contributed by atoms with Crippen LogP contribution < -0.4 is 10.1 Å². The van der Waals surface area contributed by atoms with Gasteiger partial charge in [-0.05, 0) is 36.8 Å². The summed E-state index contributed by atoms with van der Waals surface area (Å²) in [7, 11) is 1.51. The molecular formula is C14H20N2O3. The summed E-state index contributed by atoms with van der Waals surface area (Å²) < 4.78 is 5.04. The van der Waals surface area contributed by atoms with Gasteiger partial charge in [-0.25, -0.2) is 0 Å². The second-order valence-corrected chi connectivity index (χ2v) is 5.30. The lowest BCUT2D eigenvalue weighted by atomic mass is 9.97. The minimum Gasteiger partial charge on any atom is -0.496 e. The SMILES string of the molecule is COc1ccc(NC2CCC(C)C2C)c([N+](=O)[O-])c1. The number of benzene rings is 1. The topological polar surface area (TPSA) is 64.4 Å². The van der Waals surface area contributed by atoms with Crippen LogP contribution in [0.5, 0.6) is 5.75 Å². The molecule has 0 spiro atoms. The number of rotatable bonds is 4. The van der Waals surface area contributed by atoms with Gasteiger partial charge in [0.25, 0.3) is 5.69 Å². The maximum Gasteiger partial charge on any atom is 0.296 e. The molecule has 5 nitrogen and oxygen atoms in total. The van der Waals surface area contributed by atoms with Gasteiger partial charge >= 0.3 is 0 Å². The van der Waals surface area contributed by atoms with E-state index in [1.807, 2.05) is 0 Å². The number of ether oxygens (including phenoxy) is 1. The summed E-state index contributed by atoms with van der Waals surface area (Å²) in [5.74, 6) is 1.70. The molecule has 3 unspecified atom stereocenters. The van der Waals surface area contributed by atoms with E-state index in [1.54, 1.807) is 12.1 Å². The van der Waals surface area contributed by atoms with Crippen LogP contribution in [0.3, 0.4) is 0 Å². The fourth-order valence-corrected chi connectivity index (χ4v) is 2.68.